The fourth-order valence-corrected chi connectivity index (χ4v) is 6.44. The zero-order valence-corrected chi connectivity index (χ0v) is 20.4. The Hall–Kier alpha value is -2.95. The third-order valence-corrected chi connectivity index (χ3v) is 8.71. The summed E-state index contributed by atoms with van der Waals surface area (Å²) < 4.78 is 39.2. The second kappa shape index (κ2) is 9.36. The third kappa shape index (κ3) is 4.40. The minimum absolute atomic E-state index is 0.114. The summed E-state index contributed by atoms with van der Waals surface area (Å²) in [5.41, 5.74) is 1.57. The average Bonchev–Trinajstić information content (AvgIpc) is 3.10. The van der Waals surface area contributed by atoms with E-state index in [2.05, 4.69) is 4.98 Å². The van der Waals surface area contributed by atoms with Crippen LogP contribution in [-0.4, -0.2) is 67.9 Å². The lowest BCUT2D eigenvalue weighted by Crippen LogP contribution is -2.50. The number of rotatable bonds is 4. The summed E-state index contributed by atoms with van der Waals surface area (Å²) in [6.07, 6.45) is 0.748. The molecule has 0 saturated carbocycles. The number of amides is 1. The van der Waals surface area contributed by atoms with E-state index in [0.717, 1.165) is 17.0 Å². The highest BCUT2D eigenvalue weighted by atomic mass is 32.2. The number of nitrogens with zero attached hydrogens (tertiary/aromatic N) is 3. The molecule has 0 bridgehead atoms. The summed E-state index contributed by atoms with van der Waals surface area (Å²) in [5, 5.41) is 0.817. The van der Waals surface area contributed by atoms with Crippen LogP contribution in [0.15, 0.2) is 53.4 Å². The Labute approximate surface area is 202 Å². The zero-order valence-electron chi connectivity index (χ0n) is 18.8. The maximum absolute atomic E-state index is 13.3. The first kappa shape index (κ1) is 22.8. The van der Waals surface area contributed by atoms with Crippen LogP contribution in [0.1, 0.15) is 21.1 Å². The number of sulfonamides is 1. The molecule has 2 aliphatic rings. The molecule has 2 aromatic carbocycles. The van der Waals surface area contributed by atoms with E-state index in [9.17, 15) is 13.2 Å². The minimum atomic E-state index is -3.72. The average molecular weight is 500 g/mol. The van der Waals surface area contributed by atoms with Crippen LogP contribution in [0.5, 0.6) is 11.5 Å². The second-order valence-corrected chi connectivity index (χ2v) is 11.3. The molecule has 1 saturated heterocycles. The minimum Gasteiger partial charge on any atom is -0.490 e. The molecule has 3 heterocycles. The van der Waals surface area contributed by atoms with Crippen molar-refractivity contribution < 1.29 is 22.7 Å². The van der Waals surface area contributed by atoms with Crippen LogP contribution in [0.3, 0.4) is 0 Å². The summed E-state index contributed by atoms with van der Waals surface area (Å²) >= 11 is 1.37. The molecule has 0 radical (unpaired) electrons. The van der Waals surface area contributed by atoms with E-state index in [1.165, 1.54) is 21.7 Å². The standard InChI is InChI=1S/C24H25N3O5S2/c1-17-25-22(18-6-3-2-4-7-18)23(33-17)24(28)26-10-12-27(13-11-26)34(29,30)19-8-9-20-21(16-19)32-15-5-14-31-20/h2-4,6-9,16H,5,10-15H2,1H3. The predicted octanol–water partition coefficient (Wildman–Crippen LogP) is 3.43. The molecule has 5 rings (SSSR count). The Bertz CT molecular complexity index is 1300. The number of piperazine rings is 1. The van der Waals surface area contributed by atoms with Crippen molar-refractivity contribution in [3.63, 3.8) is 0 Å². The van der Waals surface area contributed by atoms with Gasteiger partial charge in [0.15, 0.2) is 11.5 Å². The van der Waals surface area contributed by atoms with Crippen molar-refractivity contribution in [1.29, 1.82) is 0 Å². The van der Waals surface area contributed by atoms with Gasteiger partial charge in [-0.25, -0.2) is 13.4 Å². The molecule has 0 N–H and O–H groups in total. The SMILES string of the molecule is Cc1nc(-c2ccccc2)c(C(=O)N2CCN(S(=O)(=O)c3ccc4c(c3)OCCCO4)CC2)s1. The van der Waals surface area contributed by atoms with E-state index >= 15 is 0 Å². The molecule has 10 heteroatoms. The second-order valence-electron chi connectivity index (χ2n) is 8.13. The van der Waals surface area contributed by atoms with Gasteiger partial charge in [-0.05, 0) is 19.1 Å². The molecule has 2 aliphatic heterocycles. The number of thiazole rings is 1. The highest BCUT2D eigenvalue weighted by molar-refractivity contribution is 7.89. The number of ether oxygens (including phenoxy) is 2. The number of aryl methyl sites for hydroxylation is 1. The van der Waals surface area contributed by atoms with Gasteiger partial charge in [-0.1, -0.05) is 30.3 Å². The number of hydrogen-bond acceptors (Lipinski definition) is 7. The van der Waals surface area contributed by atoms with Crippen LogP contribution < -0.4 is 9.47 Å². The topological polar surface area (TPSA) is 89.0 Å². The summed E-state index contributed by atoms with van der Waals surface area (Å²) in [6.45, 7) is 3.98. The number of aromatic nitrogens is 1. The third-order valence-electron chi connectivity index (χ3n) is 5.86. The first-order valence-electron chi connectivity index (χ1n) is 11.2. The van der Waals surface area contributed by atoms with Crippen molar-refractivity contribution >= 4 is 27.3 Å². The quantitative estimate of drug-likeness (QED) is 0.547. The largest absolute Gasteiger partial charge is 0.490 e. The maximum Gasteiger partial charge on any atom is 0.266 e. The smallest absolute Gasteiger partial charge is 0.266 e. The van der Waals surface area contributed by atoms with E-state index in [0.29, 0.717) is 48.4 Å². The number of fused-ring (bicyclic) bond motifs is 1. The van der Waals surface area contributed by atoms with Crippen LogP contribution in [0.2, 0.25) is 0 Å². The molecule has 0 aliphatic carbocycles. The van der Waals surface area contributed by atoms with Gasteiger partial charge in [0.1, 0.15) is 4.88 Å². The van der Waals surface area contributed by atoms with Crippen molar-refractivity contribution in [3.05, 3.63) is 58.4 Å². The van der Waals surface area contributed by atoms with Gasteiger partial charge in [0.2, 0.25) is 10.0 Å². The Kier molecular flexibility index (Phi) is 6.28. The summed E-state index contributed by atoms with van der Waals surface area (Å²) in [6, 6.07) is 14.4. The Morgan fingerprint density at radius 2 is 1.68 bits per heavy atom. The van der Waals surface area contributed by atoms with E-state index in [1.54, 1.807) is 17.0 Å². The predicted molar refractivity (Wildman–Crippen MR) is 129 cm³/mol. The molecule has 0 atom stereocenters. The summed E-state index contributed by atoms with van der Waals surface area (Å²) in [7, 11) is -3.72. The number of carbonyl (C=O) groups is 1. The molecular formula is C24H25N3O5S2. The van der Waals surface area contributed by atoms with Crippen molar-refractivity contribution in [2.24, 2.45) is 0 Å². The lowest BCUT2D eigenvalue weighted by molar-refractivity contribution is 0.0703. The zero-order chi connectivity index (χ0) is 23.7. The number of hydrogen-bond donors (Lipinski definition) is 0. The van der Waals surface area contributed by atoms with E-state index in [-0.39, 0.29) is 23.9 Å². The molecule has 0 unspecified atom stereocenters. The highest BCUT2D eigenvalue weighted by Gasteiger charge is 2.32. The molecule has 3 aromatic rings. The van der Waals surface area contributed by atoms with Gasteiger partial charge in [-0.2, -0.15) is 4.31 Å². The molecule has 34 heavy (non-hydrogen) atoms. The van der Waals surface area contributed by atoms with Crippen LogP contribution in [0, 0.1) is 6.92 Å². The highest BCUT2D eigenvalue weighted by Crippen LogP contribution is 2.33. The van der Waals surface area contributed by atoms with E-state index < -0.39 is 10.0 Å². The molecule has 178 valence electrons. The lowest BCUT2D eigenvalue weighted by Gasteiger charge is -2.34. The van der Waals surface area contributed by atoms with Crippen LogP contribution in [0.25, 0.3) is 11.3 Å². The first-order valence-corrected chi connectivity index (χ1v) is 13.4. The van der Waals surface area contributed by atoms with Gasteiger partial charge in [-0.3, -0.25) is 4.79 Å². The molecule has 1 fully saturated rings. The molecule has 8 nitrogen and oxygen atoms in total. The number of carbonyl (C=O) groups excluding carboxylic acids is 1. The first-order chi connectivity index (χ1) is 16.4. The fraction of sp³-hybridized carbons (Fsp3) is 0.333. The van der Waals surface area contributed by atoms with Crippen molar-refractivity contribution in [2.45, 2.75) is 18.2 Å². The molecular weight excluding hydrogens is 474 g/mol. The van der Waals surface area contributed by atoms with Gasteiger partial charge in [0.25, 0.3) is 5.91 Å². The Morgan fingerprint density at radius 1 is 0.971 bits per heavy atom. The van der Waals surface area contributed by atoms with Crippen LogP contribution in [0.4, 0.5) is 0 Å². The molecule has 0 spiro atoms. The normalized spacial score (nSPS) is 16.8. The Morgan fingerprint density at radius 3 is 2.41 bits per heavy atom. The van der Waals surface area contributed by atoms with Gasteiger partial charge in [0.05, 0.1) is 28.8 Å². The van der Waals surface area contributed by atoms with Crippen LogP contribution in [-0.2, 0) is 10.0 Å². The van der Waals surface area contributed by atoms with Gasteiger partial charge < -0.3 is 14.4 Å². The Balaban J connectivity index is 1.31. The summed E-state index contributed by atoms with van der Waals surface area (Å²) in [5.74, 6) is 0.888. The molecule has 1 amide bonds. The van der Waals surface area contributed by atoms with E-state index in [1.807, 2.05) is 37.3 Å². The van der Waals surface area contributed by atoms with Gasteiger partial charge in [-0.15, -0.1) is 11.3 Å². The molecule has 1 aromatic heterocycles. The fourth-order valence-electron chi connectivity index (χ4n) is 4.09. The van der Waals surface area contributed by atoms with Gasteiger partial charge in [0, 0.05) is 44.2 Å². The van der Waals surface area contributed by atoms with Crippen molar-refractivity contribution in [1.82, 2.24) is 14.2 Å². The monoisotopic (exact) mass is 499 g/mol. The maximum atomic E-state index is 13.3. The van der Waals surface area contributed by atoms with Crippen molar-refractivity contribution in [2.75, 3.05) is 39.4 Å². The number of benzene rings is 2. The van der Waals surface area contributed by atoms with Crippen molar-refractivity contribution in [3.8, 4) is 22.8 Å². The van der Waals surface area contributed by atoms with Crippen LogP contribution >= 0.6 is 11.3 Å². The summed E-state index contributed by atoms with van der Waals surface area (Å²) in [4.78, 5) is 20.4. The lowest BCUT2D eigenvalue weighted by atomic mass is 10.1. The van der Waals surface area contributed by atoms with E-state index in [4.69, 9.17) is 9.47 Å². The van der Waals surface area contributed by atoms with Gasteiger partial charge >= 0.3 is 0 Å².